The lowest BCUT2D eigenvalue weighted by atomic mass is 10.0. The fourth-order valence-electron chi connectivity index (χ4n) is 1.40. The zero-order chi connectivity index (χ0) is 13.9. The van der Waals surface area contributed by atoms with Gasteiger partial charge in [0.25, 0.3) is 5.91 Å². The molecule has 0 heterocycles. The van der Waals surface area contributed by atoms with E-state index >= 15 is 0 Å². The summed E-state index contributed by atoms with van der Waals surface area (Å²) >= 11 is 9.03. The van der Waals surface area contributed by atoms with Crippen molar-refractivity contribution in [3.63, 3.8) is 0 Å². The van der Waals surface area contributed by atoms with Crippen LogP contribution >= 0.6 is 27.5 Å². The second-order valence-corrected chi connectivity index (χ2v) is 5.45. The molecule has 1 amide bonds. The molecule has 1 aromatic rings. The third-order valence-electron chi connectivity index (χ3n) is 2.39. The Morgan fingerprint density at radius 2 is 2.00 bits per heavy atom. The highest BCUT2D eigenvalue weighted by Gasteiger charge is 2.24. The summed E-state index contributed by atoms with van der Waals surface area (Å²) < 4.78 is 0.567. The number of carbonyl (C=O) groups is 2. The number of rotatable bonds is 4. The average Bonchev–Trinajstić information content (AvgIpc) is 2.28. The first-order chi connectivity index (χ1) is 8.32. The molecular weight excluding hydrogens is 321 g/mol. The Bertz CT molecular complexity index is 476. The summed E-state index contributed by atoms with van der Waals surface area (Å²) in [5, 5.41) is 11.9. The highest BCUT2D eigenvalue weighted by atomic mass is 79.9. The van der Waals surface area contributed by atoms with Crippen LogP contribution in [0.1, 0.15) is 24.2 Å². The maximum absolute atomic E-state index is 12.0. The molecule has 0 aliphatic heterocycles. The lowest BCUT2D eigenvalue weighted by Gasteiger charge is -2.18. The van der Waals surface area contributed by atoms with Crippen LogP contribution in [-0.4, -0.2) is 23.0 Å². The molecule has 0 radical (unpaired) electrons. The van der Waals surface area contributed by atoms with E-state index < -0.39 is 17.9 Å². The van der Waals surface area contributed by atoms with E-state index in [9.17, 15) is 9.59 Å². The topological polar surface area (TPSA) is 66.4 Å². The van der Waals surface area contributed by atoms with Crippen molar-refractivity contribution in [2.24, 2.45) is 5.92 Å². The van der Waals surface area contributed by atoms with Crippen LogP contribution in [0.15, 0.2) is 22.7 Å². The Morgan fingerprint density at radius 1 is 1.39 bits per heavy atom. The minimum Gasteiger partial charge on any atom is -0.480 e. The zero-order valence-electron chi connectivity index (χ0n) is 9.91. The van der Waals surface area contributed by atoms with E-state index in [0.717, 1.165) is 0 Å². The lowest BCUT2D eigenvalue weighted by molar-refractivity contribution is -0.140. The summed E-state index contributed by atoms with van der Waals surface area (Å²) in [7, 11) is 0. The number of aliphatic carboxylic acids is 1. The summed E-state index contributed by atoms with van der Waals surface area (Å²) in [4.78, 5) is 23.0. The molecular formula is C12H13BrClNO3. The van der Waals surface area contributed by atoms with Gasteiger partial charge in [-0.25, -0.2) is 4.79 Å². The molecule has 18 heavy (non-hydrogen) atoms. The number of hydrogen-bond donors (Lipinski definition) is 2. The molecule has 2 N–H and O–H groups in total. The maximum Gasteiger partial charge on any atom is 0.326 e. The Labute approximate surface area is 118 Å². The second-order valence-electron chi connectivity index (χ2n) is 4.16. The van der Waals surface area contributed by atoms with Crippen molar-refractivity contribution in [1.82, 2.24) is 5.32 Å². The van der Waals surface area contributed by atoms with Gasteiger partial charge >= 0.3 is 5.97 Å². The van der Waals surface area contributed by atoms with Gasteiger partial charge in [-0.15, -0.1) is 0 Å². The highest BCUT2D eigenvalue weighted by Crippen LogP contribution is 2.21. The molecule has 0 unspecified atom stereocenters. The van der Waals surface area contributed by atoms with Crippen molar-refractivity contribution in [3.8, 4) is 0 Å². The smallest absolute Gasteiger partial charge is 0.326 e. The molecule has 1 atom stereocenters. The van der Waals surface area contributed by atoms with Gasteiger partial charge in [0.1, 0.15) is 6.04 Å². The summed E-state index contributed by atoms with van der Waals surface area (Å²) in [6.45, 7) is 3.46. The first-order valence-corrected chi connectivity index (χ1v) is 6.48. The van der Waals surface area contributed by atoms with E-state index in [0.29, 0.717) is 15.1 Å². The van der Waals surface area contributed by atoms with Crippen LogP contribution in [0.2, 0.25) is 5.02 Å². The molecule has 0 saturated carbocycles. The van der Waals surface area contributed by atoms with Gasteiger partial charge in [0.05, 0.1) is 5.56 Å². The SMILES string of the molecule is CC(C)[C@H](NC(=O)c1cc(Cl)ccc1Br)C(=O)O. The van der Waals surface area contributed by atoms with Crippen molar-refractivity contribution in [3.05, 3.63) is 33.3 Å². The van der Waals surface area contributed by atoms with Gasteiger partial charge in [-0.2, -0.15) is 0 Å². The largest absolute Gasteiger partial charge is 0.480 e. The molecule has 6 heteroatoms. The summed E-state index contributed by atoms with van der Waals surface area (Å²) in [6.07, 6.45) is 0. The Morgan fingerprint density at radius 3 is 2.50 bits per heavy atom. The summed E-state index contributed by atoms with van der Waals surface area (Å²) in [6, 6.07) is 3.84. The number of amides is 1. The minimum atomic E-state index is -1.06. The monoisotopic (exact) mass is 333 g/mol. The van der Waals surface area contributed by atoms with Gasteiger partial charge in [-0.05, 0) is 40.0 Å². The number of carboxylic acids is 1. The maximum atomic E-state index is 12.0. The molecule has 98 valence electrons. The minimum absolute atomic E-state index is 0.204. The number of nitrogens with one attached hydrogen (secondary N) is 1. The van der Waals surface area contributed by atoms with Gasteiger partial charge in [-0.3, -0.25) is 4.79 Å². The molecule has 0 bridgehead atoms. The zero-order valence-corrected chi connectivity index (χ0v) is 12.2. The molecule has 0 aliphatic carbocycles. The Balaban J connectivity index is 2.94. The Kier molecular flexibility index (Phi) is 5.16. The number of hydrogen-bond acceptors (Lipinski definition) is 2. The predicted molar refractivity (Wildman–Crippen MR) is 72.9 cm³/mol. The fraction of sp³-hybridized carbons (Fsp3) is 0.333. The quantitative estimate of drug-likeness (QED) is 0.889. The van der Waals surface area contributed by atoms with Crippen LogP contribution in [0.5, 0.6) is 0 Å². The van der Waals surface area contributed by atoms with Crippen LogP contribution < -0.4 is 5.32 Å². The van der Waals surface area contributed by atoms with E-state index in [1.54, 1.807) is 26.0 Å². The van der Waals surface area contributed by atoms with Crippen molar-refractivity contribution in [1.29, 1.82) is 0 Å². The first-order valence-electron chi connectivity index (χ1n) is 5.31. The van der Waals surface area contributed by atoms with Crippen LogP contribution in [0.4, 0.5) is 0 Å². The highest BCUT2D eigenvalue weighted by molar-refractivity contribution is 9.10. The van der Waals surface area contributed by atoms with Crippen LogP contribution in [0.25, 0.3) is 0 Å². The van der Waals surface area contributed by atoms with Crippen molar-refractivity contribution in [2.45, 2.75) is 19.9 Å². The number of halogens is 2. The fourth-order valence-corrected chi connectivity index (χ4v) is 2.00. The molecule has 1 rings (SSSR count). The van der Waals surface area contributed by atoms with Crippen molar-refractivity contribution < 1.29 is 14.7 Å². The second kappa shape index (κ2) is 6.20. The average molecular weight is 335 g/mol. The third kappa shape index (κ3) is 3.71. The van der Waals surface area contributed by atoms with Crippen LogP contribution in [0.3, 0.4) is 0 Å². The van der Waals surface area contributed by atoms with E-state index in [1.807, 2.05) is 0 Å². The van der Waals surface area contributed by atoms with E-state index in [1.165, 1.54) is 6.07 Å². The number of carboxylic acid groups (broad SMARTS) is 1. The Hall–Kier alpha value is -1.07. The predicted octanol–water partition coefficient (Wildman–Crippen LogP) is 2.94. The first kappa shape index (κ1) is 15.0. The molecule has 0 spiro atoms. The summed E-state index contributed by atoms with van der Waals surface area (Å²) in [5.74, 6) is -1.73. The van der Waals surface area contributed by atoms with Crippen LogP contribution in [-0.2, 0) is 4.79 Å². The molecule has 4 nitrogen and oxygen atoms in total. The normalized spacial score (nSPS) is 12.3. The number of benzene rings is 1. The molecule has 0 aromatic heterocycles. The summed E-state index contributed by atoms with van der Waals surface area (Å²) in [5.41, 5.74) is 0.314. The van der Waals surface area contributed by atoms with Crippen molar-refractivity contribution >= 4 is 39.4 Å². The van der Waals surface area contributed by atoms with Gasteiger partial charge in [0.15, 0.2) is 0 Å². The number of carbonyl (C=O) groups excluding carboxylic acids is 1. The standard InChI is InChI=1S/C12H13BrClNO3/c1-6(2)10(12(17)18)15-11(16)8-5-7(14)3-4-9(8)13/h3-6,10H,1-2H3,(H,15,16)(H,17,18)/t10-/m0/s1. The lowest BCUT2D eigenvalue weighted by Crippen LogP contribution is -2.44. The van der Waals surface area contributed by atoms with E-state index in [-0.39, 0.29) is 5.92 Å². The van der Waals surface area contributed by atoms with E-state index in [2.05, 4.69) is 21.2 Å². The van der Waals surface area contributed by atoms with Crippen LogP contribution in [0, 0.1) is 5.92 Å². The van der Waals surface area contributed by atoms with Crippen molar-refractivity contribution in [2.75, 3.05) is 0 Å². The molecule has 0 fully saturated rings. The molecule has 0 saturated heterocycles. The van der Waals surface area contributed by atoms with Gasteiger partial charge in [0, 0.05) is 9.50 Å². The van der Waals surface area contributed by atoms with E-state index in [4.69, 9.17) is 16.7 Å². The van der Waals surface area contributed by atoms with Gasteiger partial charge in [-0.1, -0.05) is 25.4 Å². The van der Waals surface area contributed by atoms with Gasteiger partial charge in [0.2, 0.25) is 0 Å². The van der Waals surface area contributed by atoms with Gasteiger partial charge < -0.3 is 10.4 Å². The molecule has 1 aromatic carbocycles. The molecule has 0 aliphatic rings. The third-order valence-corrected chi connectivity index (χ3v) is 3.32.